The minimum Gasteiger partial charge on any atom is -0.475 e. The molecule has 0 bridgehead atoms. The van der Waals surface area contributed by atoms with Crippen LogP contribution in [0.1, 0.15) is 37.2 Å². The quantitative estimate of drug-likeness (QED) is 0.531. The monoisotopic (exact) mass is 326 g/mol. The van der Waals surface area contributed by atoms with E-state index in [0.29, 0.717) is 17.7 Å². The summed E-state index contributed by atoms with van der Waals surface area (Å²) in [5.41, 5.74) is 4.25. The fourth-order valence-corrected chi connectivity index (χ4v) is 3.10. The number of hydrogen-bond acceptors (Lipinski definition) is 4. The van der Waals surface area contributed by atoms with E-state index in [1.165, 1.54) is 12.5 Å². The van der Waals surface area contributed by atoms with Crippen LogP contribution in [0.3, 0.4) is 0 Å². The van der Waals surface area contributed by atoms with Gasteiger partial charge in [-0.15, -0.1) is 0 Å². The number of para-hydroxylation sites is 1. The second kappa shape index (κ2) is 6.31. The number of aryl methyl sites for hydroxylation is 1. The van der Waals surface area contributed by atoms with Crippen LogP contribution in [0.4, 0.5) is 0 Å². The third kappa shape index (κ3) is 2.71. The van der Waals surface area contributed by atoms with E-state index in [1.54, 1.807) is 6.33 Å². The van der Waals surface area contributed by atoms with Crippen molar-refractivity contribution in [2.45, 2.75) is 33.1 Å². The van der Waals surface area contributed by atoms with Crippen LogP contribution in [0.2, 0.25) is 0 Å². The number of carbonyl (C=O) groups is 2. The molecular formula is C18H18N2O4. The number of benzene rings is 1. The lowest BCUT2D eigenvalue weighted by Gasteiger charge is -2.20. The zero-order chi connectivity index (χ0) is 17.3. The molecule has 2 aromatic rings. The first-order valence-electron chi connectivity index (χ1n) is 7.82. The topological polar surface area (TPSA) is 81.4 Å². The maximum absolute atomic E-state index is 11.5. The van der Waals surface area contributed by atoms with E-state index in [4.69, 9.17) is 4.74 Å². The molecule has 0 atom stereocenters. The fourth-order valence-electron chi connectivity index (χ4n) is 3.10. The number of nitrogens with zero attached hydrogens (tertiary/aromatic N) is 2. The molecule has 0 saturated carbocycles. The maximum Gasteiger partial charge on any atom is 0.372 e. The van der Waals surface area contributed by atoms with E-state index in [0.717, 1.165) is 24.2 Å². The molecule has 1 N–H and O–H groups in total. The van der Waals surface area contributed by atoms with Crippen LogP contribution in [0.25, 0.3) is 11.3 Å². The van der Waals surface area contributed by atoms with Crippen molar-refractivity contribution in [1.29, 1.82) is 0 Å². The van der Waals surface area contributed by atoms with Gasteiger partial charge in [0.15, 0.2) is 0 Å². The number of carbonyl (C=O) groups excluding carboxylic acids is 1. The van der Waals surface area contributed by atoms with Gasteiger partial charge < -0.3 is 14.4 Å². The lowest BCUT2D eigenvalue weighted by atomic mass is 9.97. The van der Waals surface area contributed by atoms with Gasteiger partial charge in [-0.05, 0) is 30.9 Å². The number of imidazole rings is 1. The Balaban J connectivity index is 2.15. The summed E-state index contributed by atoms with van der Waals surface area (Å²) in [6.07, 6.45) is 3.72. The summed E-state index contributed by atoms with van der Waals surface area (Å²) in [5, 5.41) is 9.41. The van der Waals surface area contributed by atoms with E-state index in [-0.39, 0.29) is 5.76 Å². The molecule has 0 unspecified atom stereocenters. The molecule has 3 rings (SSSR count). The van der Waals surface area contributed by atoms with Crippen molar-refractivity contribution in [3.63, 3.8) is 0 Å². The smallest absolute Gasteiger partial charge is 0.372 e. The molecule has 24 heavy (non-hydrogen) atoms. The number of fused-ring (bicyclic) bond motifs is 3. The van der Waals surface area contributed by atoms with Crippen LogP contribution >= 0.6 is 0 Å². The summed E-state index contributed by atoms with van der Waals surface area (Å²) < 4.78 is 6.92. The van der Waals surface area contributed by atoms with Gasteiger partial charge in [0.05, 0.1) is 11.4 Å². The van der Waals surface area contributed by atoms with Gasteiger partial charge in [0.1, 0.15) is 6.33 Å². The average molecular weight is 326 g/mol. The Morgan fingerprint density at radius 2 is 2.04 bits per heavy atom. The highest BCUT2D eigenvalue weighted by atomic mass is 16.6. The zero-order valence-electron chi connectivity index (χ0n) is 13.6. The molecular weight excluding hydrogens is 308 g/mol. The van der Waals surface area contributed by atoms with E-state index < -0.39 is 11.9 Å². The SMILES string of the molecule is CC/C(=C(/OC(C)=O)C(=O)O)c1ncn2c1CCc1ccccc1-2. The lowest BCUT2D eigenvalue weighted by Crippen LogP contribution is -2.14. The maximum atomic E-state index is 11.5. The molecule has 6 nitrogen and oxygen atoms in total. The van der Waals surface area contributed by atoms with Crippen molar-refractivity contribution in [1.82, 2.24) is 9.55 Å². The summed E-state index contributed by atoms with van der Waals surface area (Å²) >= 11 is 0. The third-order valence-corrected chi connectivity index (χ3v) is 4.10. The van der Waals surface area contributed by atoms with Crippen molar-refractivity contribution in [2.75, 3.05) is 0 Å². The summed E-state index contributed by atoms with van der Waals surface area (Å²) in [5.74, 6) is -2.26. The molecule has 1 aliphatic heterocycles. The first-order chi connectivity index (χ1) is 11.5. The van der Waals surface area contributed by atoms with Crippen molar-refractivity contribution in [3.8, 4) is 5.69 Å². The molecule has 0 fully saturated rings. The van der Waals surface area contributed by atoms with Crippen molar-refractivity contribution in [3.05, 3.63) is 53.3 Å². The first kappa shape index (κ1) is 16.0. The first-order valence-corrected chi connectivity index (χ1v) is 7.82. The van der Waals surface area contributed by atoms with E-state index >= 15 is 0 Å². The number of carboxylic acid groups (broad SMARTS) is 1. The number of aromatic nitrogens is 2. The van der Waals surface area contributed by atoms with Gasteiger partial charge in [-0.3, -0.25) is 4.79 Å². The number of carboxylic acids is 1. The minimum atomic E-state index is -1.26. The number of hydrogen-bond donors (Lipinski definition) is 1. The standard InChI is InChI=1S/C18H18N2O4/c1-3-13(17(18(22)23)24-11(2)21)16-15-9-8-12-6-4-5-7-14(12)20(15)10-19-16/h4-7,10H,3,8-9H2,1-2H3,(H,22,23)/b17-13-. The molecule has 1 aromatic carbocycles. The van der Waals surface area contributed by atoms with Gasteiger partial charge in [-0.1, -0.05) is 25.1 Å². The zero-order valence-corrected chi connectivity index (χ0v) is 13.6. The summed E-state index contributed by atoms with van der Waals surface area (Å²) in [6, 6.07) is 8.06. The lowest BCUT2D eigenvalue weighted by molar-refractivity contribution is -0.146. The summed E-state index contributed by atoms with van der Waals surface area (Å²) in [7, 11) is 0. The van der Waals surface area contributed by atoms with Crippen LogP contribution in [0.5, 0.6) is 0 Å². The van der Waals surface area contributed by atoms with Crippen molar-refractivity contribution >= 4 is 17.5 Å². The van der Waals surface area contributed by atoms with Crippen molar-refractivity contribution in [2.24, 2.45) is 0 Å². The molecule has 1 aromatic heterocycles. The third-order valence-electron chi connectivity index (χ3n) is 4.10. The molecule has 1 aliphatic rings. The Morgan fingerprint density at radius 1 is 1.29 bits per heavy atom. The Labute approximate surface area is 139 Å². The molecule has 0 spiro atoms. The van der Waals surface area contributed by atoms with Gasteiger partial charge in [0.25, 0.3) is 0 Å². The fraction of sp³-hybridized carbons (Fsp3) is 0.278. The van der Waals surface area contributed by atoms with Crippen LogP contribution in [0, 0.1) is 0 Å². The molecule has 0 amide bonds. The molecule has 124 valence electrons. The van der Waals surface area contributed by atoms with Crippen LogP contribution in [-0.2, 0) is 27.2 Å². The average Bonchev–Trinajstić information content (AvgIpc) is 2.98. The number of rotatable bonds is 4. The van der Waals surface area contributed by atoms with Crippen LogP contribution in [-0.4, -0.2) is 26.6 Å². The molecule has 2 heterocycles. The highest BCUT2D eigenvalue weighted by Gasteiger charge is 2.26. The van der Waals surface area contributed by atoms with E-state index in [9.17, 15) is 14.7 Å². The Kier molecular flexibility index (Phi) is 4.20. The van der Waals surface area contributed by atoms with Gasteiger partial charge >= 0.3 is 11.9 Å². The highest BCUT2D eigenvalue weighted by Crippen LogP contribution is 2.32. The van der Waals surface area contributed by atoms with Gasteiger partial charge in [0.2, 0.25) is 5.76 Å². The Morgan fingerprint density at radius 3 is 2.71 bits per heavy atom. The molecule has 6 heteroatoms. The van der Waals surface area contributed by atoms with Gasteiger partial charge in [0, 0.05) is 18.2 Å². The predicted octanol–water partition coefficient (Wildman–Crippen LogP) is 2.74. The van der Waals surface area contributed by atoms with E-state index in [2.05, 4.69) is 11.1 Å². The number of aliphatic carboxylic acids is 1. The Hall–Kier alpha value is -2.89. The van der Waals surface area contributed by atoms with E-state index in [1.807, 2.05) is 29.7 Å². The van der Waals surface area contributed by atoms with Gasteiger partial charge in [-0.2, -0.15) is 0 Å². The predicted molar refractivity (Wildman–Crippen MR) is 87.6 cm³/mol. The van der Waals surface area contributed by atoms with Gasteiger partial charge in [-0.25, -0.2) is 9.78 Å². The normalized spacial score (nSPS) is 13.6. The number of esters is 1. The molecule has 0 aliphatic carbocycles. The minimum absolute atomic E-state index is 0.342. The summed E-state index contributed by atoms with van der Waals surface area (Å²) in [6.45, 7) is 3.01. The van der Waals surface area contributed by atoms with Crippen LogP contribution < -0.4 is 0 Å². The number of ether oxygens (including phenoxy) is 1. The second-order valence-electron chi connectivity index (χ2n) is 5.60. The number of allylic oxidation sites excluding steroid dienone is 1. The van der Waals surface area contributed by atoms with Crippen LogP contribution in [0.15, 0.2) is 36.4 Å². The van der Waals surface area contributed by atoms with Crippen molar-refractivity contribution < 1.29 is 19.4 Å². The molecule has 0 saturated heterocycles. The summed E-state index contributed by atoms with van der Waals surface area (Å²) in [4.78, 5) is 27.2. The highest BCUT2D eigenvalue weighted by molar-refractivity contribution is 5.96. The second-order valence-corrected chi connectivity index (χ2v) is 5.60. The molecule has 0 radical (unpaired) electrons. The Bertz CT molecular complexity index is 848. The largest absolute Gasteiger partial charge is 0.475 e.